The molecular weight excluding hydrogens is 269 g/mol. The summed E-state index contributed by atoms with van der Waals surface area (Å²) in [5.41, 5.74) is 8.56. The Morgan fingerprint density at radius 1 is 1.25 bits per heavy atom. The van der Waals surface area contributed by atoms with Crippen molar-refractivity contribution in [2.24, 2.45) is 11.7 Å². The van der Waals surface area contributed by atoms with E-state index in [-0.39, 0.29) is 19.4 Å². The molecule has 2 unspecified atom stereocenters. The first-order chi connectivity index (χ1) is 9.35. The zero-order chi connectivity index (χ0) is 14.8. The van der Waals surface area contributed by atoms with Crippen molar-refractivity contribution in [3.05, 3.63) is 0 Å². The minimum absolute atomic E-state index is 0.0966. The van der Waals surface area contributed by atoms with Crippen LogP contribution in [0.1, 0.15) is 25.7 Å². The van der Waals surface area contributed by atoms with E-state index in [1.807, 2.05) is 5.01 Å². The number of halogens is 3. The second-order valence-electron chi connectivity index (χ2n) is 6.22. The molecule has 3 N–H and O–H groups in total. The minimum Gasteiger partial charge on any atom is -0.329 e. The average Bonchev–Trinajstić information content (AvgIpc) is 2.41. The van der Waals surface area contributed by atoms with Crippen molar-refractivity contribution >= 4 is 0 Å². The van der Waals surface area contributed by atoms with Crippen LogP contribution in [0.5, 0.6) is 0 Å². The Balaban J connectivity index is 1.98. The molecule has 1 aliphatic carbocycles. The molecule has 0 radical (unpaired) electrons. The number of nitrogens with zero attached hydrogens (tertiary/aromatic N) is 2. The van der Waals surface area contributed by atoms with E-state index in [0.717, 1.165) is 32.6 Å². The van der Waals surface area contributed by atoms with Gasteiger partial charge in [-0.15, -0.1) is 0 Å². The van der Waals surface area contributed by atoms with Crippen molar-refractivity contribution in [2.45, 2.75) is 37.4 Å². The normalized spacial score (nSPS) is 34.4. The number of hydrogen-bond acceptors (Lipinski definition) is 4. The molecule has 2 aliphatic rings. The molecule has 1 aliphatic heterocycles. The van der Waals surface area contributed by atoms with Crippen LogP contribution in [0.2, 0.25) is 0 Å². The summed E-state index contributed by atoms with van der Waals surface area (Å²) in [5, 5.41) is 2.05. The van der Waals surface area contributed by atoms with Crippen molar-refractivity contribution < 1.29 is 13.2 Å². The Kier molecular flexibility index (Phi) is 4.94. The van der Waals surface area contributed by atoms with Gasteiger partial charge in [0.2, 0.25) is 0 Å². The topological polar surface area (TPSA) is 44.5 Å². The molecule has 1 heterocycles. The van der Waals surface area contributed by atoms with Gasteiger partial charge in [-0.2, -0.15) is 13.2 Å². The fraction of sp³-hybridized carbons (Fsp3) is 1.00. The van der Waals surface area contributed by atoms with Gasteiger partial charge < -0.3 is 10.6 Å². The SMILES string of the molecule is CN1CCN(NC2(CN)CCCC(C(F)(F)F)C2)CC1. The van der Waals surface area contributed by atoms with Crippen molar-refractivity contribution in [3.8, 4) is 0 Å². The lowest BCUT2D eigenvalue weighted by Crippen LogP contribution is -2.64. The Morgan fingerprint density at radius 3 is 2.45 bits per heavy atom. The third-order valence-corrected chi connectivity index (χ3v) is 4.60. The summed E-state index contributed by atoms with van der Waals surface area (Å²) in [4.78, 5) is 2.21. The van der Waals surface area contributed by atoms with Gasteiger partial charge in [-0.05, 0) is 26.3 Å². The highest BCUT2D eigenvalue weighted by molar-refractivity contribution is 4.96. The Labute approximate surface area is 118 Å². The number of rotatable bonds is 3. The molecular formula is C13H25F3N4. The summed E-state index contributed by atoms with van der Waals surface area (Å²) < 4.78 is 38.9. The average molecular weight is 294 g/mol. The summed E-state index contributed by atoms with van der Waals surface area (Å²) >= 11 is 0. The van der Waals surface area contributed by atoms with E-state index in [0.29, 0.717) is 6.42 Å². The van der Waals surface area contributed by atoms with E-state index in [9.17, 15) is 13.2 Å². The van der Waals surface area contributed by atoms with Gasteiger partial charge in [0, 0.05) is 38.3 Å². The monoisotopic (exact) mass is 294 g/mol. The summed E-state index contributed by atoms with van der Waals surface area (Å²) in [6.45, 7) is 3.77. The highest BCUT2D eigenvalue weighted by Gasteiger charge is 2.47. The molecule has 2 rings (SSSR count). The van der Waals surface area contributed by atoms with Crippen LogP contribution < -0.4 is 11.2 Å². The first-order valence-corrected chi connectivity index (χ1v) is 7.33. The molecule has 0 aromatic heterocycles. The number of nitrogens with one attached hydrogen (secondary N) is 1. The highest BCUT2D eigenvalue weighted by Crippen LogP contribution is 2.41. The lowest BCUT2D eigenvalue weighted by Gasteiger charge is -2.46. The predicted molar refractivity (Wildman–Crippen MR) is 72.0 cm³/mol. The smallest absolute Gasteiger partial charge is 0.329 e. The van der Waals surface area contributed by atoms with E-state index < -0.39 is 17.6 Å². The van der Waals surface area contributed by atoms with Crippen LogP contribution in [0.15, 0.2) is 0 Å². The molecule has 0 aromatic carbocycles. The van der Waals surface area contributed by atoms with Crippen LogP contribution in [-0.2, 0) is 0 Å². The molecule has 2 atom stereocenters. The summed E-state index contributed by atoms with van der Waals surface area (Å²) in [5.74, 6) is -1.22. The van der Waals surface area contributed by atoms with Gasteiger partial charge in [0.1, 0.15) is 0 Å². The van der Waals surface area contributed by atoms with Crippen LogP contribution in [0.3, 0.4) is 0 Å². The number of hydrogen-bond donors (Lipinski definition) is 2. The van der Waals surface area contributed by atoms with E-state index >= 15 is 0 Å². The molecule has 4 nitrogen and oxygen atoms in total. The lowest BCUT2D eigenvalue weighted by atomic mass is 9.75. The third-order valence-electron chi connectivity index (χ3n) is 4.60. The number of nitrogens with two attached hydrogens (primary N) is 1. The Bertz CT molecular complexity index is 315. The van der Waals surface area contributed by atoms with E-state index in [1.165, 1.54) is 0 Å². The molecule has 7 heteroatoms. The molecule has 2 fully saturated rings. The lowest BCUT2D eigenvalue weighted by molar-refractivity contribution is -0.190. The summed E-state index contributed by atoms with van der Waals surface area (Å²) in [6, 6.07) is 0. The predicted octanol–water partition coefficient (Wildman–Crippen LogP) is 1.19. The summed E-state index contributed by atoms with van der Waals surface area (Å²) in [6.07, 6.45) is -2.47. The number of alkyl halides is 3. The zero-order valence-corrected chi connectivity index (χ0v) is 12.0. The first-order valence-electron chi connectivity index (χ1n) is 7.33. The van der Waals surface area contributed by atoms with Crippen molar-refractivity contribution in [3.63, 3.8) is 0 Å². The van der Waals surface area contributed by atoms with Crippen LogP contribution >= 0.6 is 0 Å². The molecule has 0 spiro atoms. The standard InChI is InChI=1S/C13H25F3N4/c1-19-5-7-20(8-6-19)18-12(10-17)4-2-3-11(9-12)13(14,15)16/h11,18H,2-10,17H2,1H3. The minimum atomic E-state index is -4.11. The van der Waals surface area contributed by atoms with E-state index in [2.05, 4.69) is 17.4 Å². The molecule has 0 amide bonds. The maximum atomic E-state index is 13.0. The molecule has 0 aromatic rings. The molecule has 1 saturated heterocycles. The van der Waals surface area contributed by atoms with Gasteiger partial charge >= 0.3 is 6.18 Å². The Hall–Kier alpha value is -0.370. The maximum Gasteiger partial charge on any atom is 0.391 e. The second-order valence-corrected chi connectivity index (χ2v) is 6.22. The quantitative estimate of drug-likeness (QED) is 0.821. The molecule has 20 heavy (non-hydrogen) atoms. The molecule has 118 valence electrons. The fourth-order valence-electron chi connectivity index (χ4n) is 3.23. The van der Waals surface area contributed by atoms with Gasteiger partial charge in [0.05, 0.1) is 5.92 Å². The summed E-state index contributed by atoms with van der Waals surface area (Å²) in [7, 11) is 2.05. The number of piperazine rings is 1. The zero-order valence-electron chi connectivity index (χ0n) is 12.0. The van der Waals surface area contributed by atoms with Gasteiger partial charge in [-0.25, -0.2) is 10.4 Å². The van der Waals surface area contributed by atoms with Crippen LogP contribution in [0.25, 0.3) is 0 Å². The van der Waals surface area contributed by atoms with E-state index in [4.69, 9.17) is 5.73 Å². The molecule has 0 bridgehead atoms. The largest absolute Gasteiger partial charge is 0.391 e. The van der Waals surface area contributed by atoms with Crippen LogP contribution in [0.4, 0.5) is 13.2 Å². The fourth-order valence-corrected chi connectivity index (χ4v) is 3.23. The Morgan fingerprint density at radius 2 is 1.90 bits per heavy atom. The van der Waals surface area contributed by atoms with Crippen molar-refractivity contribution in [2.75, 3.05) is 39.8 Å². The van der Waals surface area contributed by atoms with Gasteiger partial charge in [0.15, 0.2) is 0 Å². The first kappa shape index (κ1) is 16.0. The van der Waals surface area contributed by atoms with Gasteiger partial charge in [-0.1, -0.05) is 6.42 Å². The second kappa shape index (κ2) is 6.17. The van der Waals surface area contributed by atoms with Crippen molar-refractivity contribution in [1.82, 2.24) is 15.3 Å². The van der Waals surface area contributed by atoms with Crippen molar-refractivity contribution in [1.29, 1.82) is 0 Å². The number of hydrazine groups is 1. The molecule has 1 saturated carbocycles. The highest BCUT2D eigenvalue weighted by atomic mass is 19.4. The maximum absolute atomic E-state index is 13.0. The number of likely N-dealkylation sites (N-methyl/N-ethyl adjacent to an activating group) is 1. The van der Waals surface area contributed by atoms with Gasteiger partial charge in [-0.3, -0.25) is 0 Å². The van der Waals surface area contributed by atoms with Crippen LogP contribution in [-0.4, -0.2) is 61.4 Å². The van der Waals surface area contributed by atoms with E-state index in [1.54, 1.807) is 0 Å². The van der Waals surface area contributed by atoms with Gasteiger partial charge in [0.25, 0.3) is 0 Å². The third kappa shape index (κ3) is 3.84. The van der Waals surface area contributed by atoms with Crippen LogP contribution in [0, 0.1) is 5.92 Å².